The SMILES string of the molecule is CC(C)N(c1ncc(B2OC(C)(C)C(C)(C)O2)cn1)[C@@H]1CCN(C(=O)C(O)CO)C1. The van der Waals surface area contributed by atoms with Crippen molar-refractivity contribution in [2.24, 2.45) is 0 Å². The molecule has 0 radical (unpaired) electrons. The van der Waals surface area contributed by atoms with E-state index < -0.39 is 36.9 Å². The minimum atomic E-state index is -1.37. The first-order valence-electron chi connectivity index (χ1n) is 10.5. The molecule has 0 saturated carbocycles. The van der Waals surface area contributed by atoms with Crippen LogP contribution in [0.1, 0.15) is 48.0 Å². The number of amides is 1. The molecule has 2 fully saturated rings. The van der Waals surface area contributed by atoms with E-state index in [0.717, 1.165) is 11.9 Å². The van der Waals surface area contributed by atoms with E-state index in [2.05, 4.69) is 28.7 Å². The zero-order chi connectivity index (χ0) is 22.3. The minimum Gasteiger partial charge on any atom is -0.399 e. The van der Waals surface area contributed by atoms with Crippen LogP contribution in [-0.2, 0) is 14.1 Å². The number of rotatable bonds is 6. The van der Waals surface area contributed by atoms with Crippen LogP contribution in [0.3, 0.4) is 0 Å². The second-order valence-electron chi connectivity index (χ2n) is 9.33. The van der Waals surface area contributed by atoms with E-state index in [1.807, 2.05) is 27.7 Å². The van der Waals surface area contributed by atoms with Crippen molar-refractivity contribution in [3.63, 3.8) is 0 Å². The second-order valence-corrected chi connectivity index (χ2v) is 9.33. The molecule has 166 valence electrons. The standard InChI is InChI=1S/C20H33BN4O5/c1-13(2)25(15-7-8-24(11-15)17(28)16(27)12-26)18-22-9-14(10-23-18)21-29-19(3,4)20(5,6)30-21/h9-10,13,15-16,26-27H,7-8,11-12H2,1-6H3/t15-,16?/m1/s1. The van der Waals surface area contributed by atoms with E-state index in [1.54, 1.807) is 17.3 Å². The lowest BCUT2D eigenvalue weighted by molar-refractivity contribution is -0.141. The van der Waals surface area contributed by atoms with Crippen molar-refractivity contribution in [3.8, 4) is 0 Å². The molecule has 2 aliphatic rings. The molecule has 0 bridgehead atoms. The summed E-state index contributed by atoms with van der Waals surface area (Å²) >= 11 is 0. The fraction of sp³-hybridized carbons (Fsp3) is 0.750. The smallest absolute Gasteiger partial charge is 0.399 e. The molecule has 2 aliphatic heterocycles. The number of hydrogen-bond donors (Lipinski definition) is 2. The predicted octanol–water partition coefficient (Wildman–Crippen LogP) is -0.0553. The van der Waals surface area contributed by atoms with Crippen LogP contribution in [0.4, 0.5) is 5.95 Å². The quantitative estimate of drug-likeness (QED) is 0.617. The van der Waals surface area contributed by atoms with Crippen LogP contribution in [0.5, 0.6) is 0 Å². The number of anilines is 1. The minimum absolute atomic E-state index is 0.0301. The first-order valence-corrected chi connectivity index (χ1v) is 10.5. The van der Waals surface area contributed by atoms with Crippen molar-refractivity contribution in [2.45, 2.75) is 77.4 Å². The number of aliphatic hydroxyl groups excluding tert-OH is 2. The zero-order valence-electron chi connectivity index (χ0n) is 18.7. The van der Waals surface area contributed by atoms with Crippen molar-refractivity contribution in [3.05, 3.63) is 12.4 Å². The monoisotopic (exact) mass is 420 g/mol. The maximum absolute atomic E-state index is 12.2. The zero-order valence-corrected chi connectivity index (χ0v) is 18.7. The van der Waals surface area contributed by atoms with E-state index in [-0.39, 0.29) is 12.1 Å². The van der Waals surface area contributed by atoms with Crippen LogP contribution in [0.25, 0.3) is 0 Å². The highest BCUT2D eigenvalue weighted by molar-refractivity contribution is 6.61. The summed E-state index contributed by atoms with van der Waals surface area (Å²) in [5.41, 5.74) is -0.103. The van der Waals surface area contributed by atoms with Crippen LogP contribution in [0.15, 0.2) is 12.4 Å². The highest BCUT2D eigenvalue weighted by Crippen LogP contribution is 2.36. The van der Waals surface area contributed by atoms with Gasteiger partial charge in [0.1, 0.15) is 0 Å². The third-order valence-electron chi connectivity index (χ3n) is 6.30. The molecule has 1 aromatic rings. The number of carbonyl (C=O) groups excluding carboxylic acids is 1. The molecular weight excluding hydrogens is 387 g/mol. The van der Waals surface area contributed by atoms with Gasteiger partial charge in [-0.15, -0.1) is 0 Å². The van der Waals surface area contributed by atoms with Crippen LogP contribution >= 0.6 is 0 Å². The Balaban J connectivity index is 1.73. The molecule has 0 spiro atoms. The lowest BCUT2D eigenvalue weighted by Crippen LogP contribution is -2.46. The summed E-state index contributed by atoms with van der Waals surface area (Å²) in [6, 6.07) is 0.151. The molecule has 3 rings (SSSR count). The van der Waals surface area contributed by atoms with Crippen LogP contribution in [0, 0.1) is 0 Å². The van der Waals surface area contributed by atoms with Crippen LogP contribution in [0.2, 0.25) is 0 Å². The molecule has 2 N–H and O–H groups in total. The Bertz CT molecular complexity index is 742. The van der Waals surface area contributed by atoms with Crippen molar-refractivity contribution in [2.75, 3.05) is 24.6 Å². The molecule has 0 aliphatic carbocycles. The fourth-order valence-electron chi connectivity index (χ4n) is 3.84. The normalized spacial score (nSPS) is 23.8. The van der Waals surface area contributed by atoms with Crippen molar-refractivity contribution >= 4 is 24.4 Å². The molecule has 1 amide bonds. The summed E-state index contributed by atoms with van der Waals surface area (Å²) in [4.78, 5) is 25.0. The molecule has 0 aromatic carbocycles. The van der Waals surface area contributed by atoms with Gasteiger partial charge in [0.25, 0.3) is 5.91 Å². The number of nitrogens with zero attached hydrogens (tertiary/aromatic N) is 4. The predicted molar refractivity (Wildman–Crippen MR) is 113 cm³/mol. The van der Waals surface area contributed by atoms with Gasteiger partial charge in [0.15, 0.2) is 6.10 Å². The molecular formula is C20H33BN4O5. The summed E-state index contributed by atoms with van der Waals surface area (Å²) in [6.07, 6.45) is 2.83. The molecule has 10 heteroatoms. The van der Waals surface area contributed by atoms with Gasteiger partial charge in [0, 0.05) is 37.0 Å². The van der Waals surface area contributed by atoms with Gasteiger partial charge in [0.2, 0.25) is 5.95 Å². The Morgan fingerprint density at radius 3 is 2.33 bits per heavy atom. The van der Waals surface area contributed by atoms with Gasteiger partial charge in [-0.3, -0.25) is 4.79 Å². The molecule has 3 heterocycles. The van der Waals surface area contributed by atoms with Gasteiger partial charge in [-0.1, -0.05) is 0 Å². The molecule has 1 unspecified atom stereocenters. The highest BCUT2D eigenvalue weighted by Gasteiger charge is 2.52. The summed E-state index contributed by atoms with van der Waals surface area (Å²) < 4.78 is 12.1. The van der Waals surface area contributed by atoms with Gasteiger partial charge in [0.05, 0.1) is 23.9 Å². The van der Waals surface area contributed by atoms with Gasteiger partial charge in [-0.2, -0.15) is 0 Å². The summed E-state index contributed by atoms with van der Waals surface area (Å²) in [7, 11) is -0.517. The highest BCUT2D eigenvalue weighted by atomic mass is 16.7. The Hall–Kier alpha value is -1.75. The summed E-state index contributed by atoms with van der Waals surface area (Å²) in [6.45, 7) is 12.5. The molecule has 2 atom stereocenters. The Morgan fingerprint density at radius 2 is 1.83 bits per heavy atom. The van der Waals surface area contributed by atoms with Crippen molar-refractivity contribution < 1.29 is 24.3 Å². The first-order chi connectivity index (χ1) is 14.0. The van der Waals surface area contributed by atoms with Crippen LogP contribution in [-0.4, -0.2) is 87.2 Å². The fourth-order valence-corrected chi connectivity index (χ4v) is 3.84. The van der Waals surface area contributed by atoms with Gasteiger partial charge >= 0.3 is 7.12 Å². The summed E-state index contributed by atoms with van der Waals surface area (Å²) in [5, 5.41) is 18.7. The largest absolute Gasteiger partial charge is 0.498 e. The number of aliphatic hydroxyl groups is 2. The number of likely N-dealkylation sites (tertiary alicyclic amines) is 1. The van der Waals surface area contributed by atoms with E-state index in [4.69, 9.17) is 14.4 Å². The van der Waals surface area contributed by atoms with E-state index in [1.165, 1.54) is 0 Å². The maximum Gasteiger partial charge on any atom is 0.498 e. The van der Waals surface area contributed by atoms with Crippen molar-refractivity contribution in [1.82, 2.24) is 14.9 Å². The Labute approximate surface area is 178 Å². The van der Waals surface area contributed by atoms with E-state index in [0.29, 0.717) is 19.0 Å². The summed E-state index contributed by atoms with van der Waals surface area (Å²) in [5.74, 6) is 0.132. The van der Waals surface area contributed by atoms with E-state index >= 15 is 0 Å². The van der Waals surface area contributed by atoms with Gasteiger partial charge < -0.3 is 29.3 Å². The lowest BCUT2D eigenvalue weighted by Gasteiger charge is -2.33. The lowest BCUT2D eigenvalue weighted by atomic mass is 9.81. The van der Waals surface area contributed by atoms with Crippen molar-refractivity contribution in [1.29, 1.82) is 0 Å². The number of hydrogen-bond acceptors (Lipinski definition) is 8. The molecule has 2 saturated heterocycles. The molecule has 9 nitrogen and oxygen atoms in total. The number of carbonyl (C=O) groups is 1. The Kier molecular flexibility index (Phi) is 6.43. The van der Waals surface area contributed by atoms with Gasteiger partial charge in [-0.25, -0.2) is 9.97 Å². The third kappa shape index (κ3) is 4.32. The van der Waals surface area contributed by atoms with E-state index in [9.17, 15) is 9.90 Å². The third-order valence-corrected chi connectivity index (χ3v) is 6.30. The number of aromatic nitrogens is 2. The molecule has 1 aromatic heterocycles. The Morgan fingerprint density at radius 1 is 1.27 bits per heavy atom. The first kappa shape index (κ1) is 22.9. The average molecular weight is 420 g/mol. The molecule has 30 heavy (non-hydrogen) atoms. The second kappa shape index (κ2) is 8.41. The average Bonchev–Trinajstić information content (AvgIpc) is 3.23. The topological polar surface area (TPSA) is 108 Å². The van der Waals surface area contributed by atoms with Crippen LogP contribution < -0.4 is 10.4 Å². The van der Waals surface area contributed by atoms with Gasteiger partial charge in [-0.05, 0) is 48.0 Å². The maximum atomic E-state index is 12.2.